The van der Waals surface area contributed by atoms with E-state index in [0.717, 1.165) is 6.04 Å². The molecule has 0 aliphatic carbocycles. The maximum absolute atomic E-state index is 9.38. The van der Waals surface area contributed by atoms with E-state index in [2.05, 4.69) is 35.8 Å². The monoisotopic (exact) mass is 520 g/mol. The van der Waals surface area contributed by atoms with Crippen molar-refractivity contribution < 1.29 is 31.4 Å². The van der Waals surface area contributed by atoms with E-state index < -0.39 is 35.7 Å². The zero-order valence-corrected chi connectivity index (χ0v) is 25.8. The molecule has 0 aromatic carbocycles. The third kappa shape index (κ3) is 35.4. The minimum Gasteiger partial charge on any atom is -0.432 e. The minimum absolute atomic E-state index is 0. The fourth-order valence-electron chi connectivity index (χ4n) is 2.39. The summed E-state index contributed by atoms with van der Waals surface area (Å²) in [6, 6.07) is 2.28. The quantitative estimate of drug-likeness (QED) is 0.237. The molecule has 0 saturated carbocycles. The van der Waals surface area contributed by atoms with Crippen LogP contribution in [-0.2, 0) is 21.8 Å². The average Bonchev–Trinajstić information content (AvgIpc) is 2.69. The van der Waals surface area contributed by atoms with Crippen LogP contribution in [0.3, 0.4) is 0 Å². The lowest BCUT2D eigenvalue weighted by Crippen LogP contribution is -2.40. The first-order valence-corrected chi connectivity index (χ1v) is 20.3. The molecule has 0 atom stereocenters. The molecule has 0 aromatic rings. The second-order valence-electron chi connectivity index (χ2n) is 8.50. The molecule has 0 spiro atoms. The van der Waals surface area contributed by atoms with Gasteiger partial charge in [-0.1, -0.05) is 66.2 Å². The van der Waals surface area contributed by atoms with Crippen molar-refractivity contribution in [3.63, 3.8) is 0 Å². The Morgan fingerprint density at radius 3 is 1.42 bits per heavy atom. The second-order valence-corrected chi connectivity index (χ2v) is 20.7. The summed E-state index contributed by atoms with van der Waals surface area (Å²) in [7, 11) is -1.04. The van der Waals surface area contributed by atoms with Gasteiger partial charge in [-0.3, -0.25) is 0 Å². The summed E-state index contributed by atoms with van der Waals surface area (Å²) in [5.41, 5.74) is 0. The highest BCUT2D eigenvalue weighted by Gasteiger charge is 2.27. The fraction of sp³-hybridized carbons (Fsp3) is 1.00. The van der Waals surface area contributed by atoms with Crippen LogP contribution in [0.25, 0.3) is 0 Å². The van der Waals surface area contributed by atoms with Crippen molar-refractivity contribution in [1.82, 2.24) is 0 Å². The van der Waals surface area contributed by atoms with E-state index in [1.165, 1.54) is 65.2 Å². The van der Waals surface area contributed by atoms with Crippen molar-refractivity contribution in [3.05, 3.63) is 0 Å². The number of rotatable bonds is 15. The molecule has 0 fully saturated rings. The summed E-state index contributed by atoms with van der Waals surface area (Å²) in [4.78, 5) is 17.7. The standard InChI is InChI=1S/C10H26O3Si2.C7H18OSi.C2H8O3Si.CH4/c1-6-7-8-9-10-15(4,5)13-14(11-2)12-3;1-4-5-6-7-9(2,3)8;1-4-6(3)5-2;/h14H,6-10H2,1-5H3;8H,4-7H2,1-3H3;3,6H,1-2H3;1H4. The van der Waals surface area contributed by atoms with Gasteiger partial charge in [0.1, 0.15) is 0 Å². The summed E-state index contributed by atoms with van der Waals surface area (Å²) >= 11 is 0. The zero-order chi connectivity index (χ0) is 24.1. The van der Waals surface area contributed by atoms with Gasteiger partial charge in [0.05, 0.1) is 0 Å². The summed E-state index contributed by atoms with van der Waals surface area (Å²) in [6.45, 7) is 12.9. The van der Waals surface area contributed by atoms with Crippen LogP contribution in [0.2, 0.25) is 38.3 Å². The van der Waals surface area contributed by atoms with Gasteiger partial charge in [-0.05, 0) is 38.3 Å². The van der Waals surface area contributed by atoms with E-state index >= 15 is 0 Å². The van der Waals surface area contributed by atoms with Crippen LogP contribution in [0.4, 0.5) is 0 Å². The van der Waals surface area contributed by atoms with E-state index in [0.29, 0.717) is 0 Å². The van der Waals surface area contributed by atoms with Gasteiger partial charge in [0, 0.05) is 28.4 Å². The molecule has 0 bridgehead atoms. The molecule has 0 heterocycles. The summed E-state index contributed by atoms with van der Waals surface area (Å²) in [5.74, 6) is 0. The summed E-state index contributed by atoms with van der Waals surface area (Å²) in [5, 5.41) is 0. The largest absolute Gasteiger partial charge is 0.480 e. The molecular formula is C20H56O7Si4. The van der Waals surface area contributed by atoms with Crippen LogP contribution < -0.4 is 0 Å². The predicted molar refractivity (Wildman–Crippen MR) is 143 cm³/mol. The van der Waals surface area contributed by atoms with Crippen LogP contribution in [0.15, 0.2) is 0 Å². The number of hydrogen-bond donors (Lipinski definition) is 2. The smallest absolute Gasteiger partial charge is 0.432 e. The molecule has 0 amide bonds. The molecule has 0 aliphatic rings. The molecule has 0 aliphatic heterocycles. The lowest BCUT2D eigenvalue weighted by Gasteiger charge is -2.26. The first kappa shape index (κ1) is 38.8. The Morgan fingerprint density at radius 1 is 0.677 bits per heavy atom. The van der Waals surface area contributed by atoms with E-state index in [4.69, 9.17) is 17.8 Å². The molecule has 0 saturated heterocycles. The average molecular weight is 521 g/mol. The molecule has 0 aromatic heterocycles. The Morgan fingerprint density at radius 2 is 1.10 bits per heavy atom. The summed E-state index contributed by atoms with van der Waals surface area (Å²) in [6.07, 6.45) is 8.97. The molecule has 194 valence electrons. The van der Waals surface area contributed by atoms with Crippen molar-refractivity contribution >= 4 is 35.7 Å². The molecule has 31 heavy (non-hydrogen) atoms. The van der Waals surface area contributed by atoms with E-state index in [1.807, 2.05) is 13.1 Å². The van der Waals surface area contributed by atoms with Gasteiger partial charge in [-0.15, -0.1) is 0 Å². The Bertz CT molecular complexity index is 338. The fourth-order valence-corrected chi connectivity index (χ4v) is 8.32. The van der Waals surface area contributed by atoms with Crippen LogP contribution in [0.1, 0.15) is 66.2 Å². The van der Waals surface area contributed by atoms with E-state index in [9.17, 15) is 4.80 Å². The molecule has 7 nitrogen and oxygen atoms in total. The SMILES string of the molecule is C.CCCCCC[Si](C)(C)O[SiH](OC)OC.CCCCC[Si](C)(C)O.CO[SiH](O)OC. The molecule has 0 unspecified atom stereocenters. The highest BCUT2D eigenvalue weighted by molar-refractivity contribution is 6.76. The lowest BCUT2D eigenvalue weighted by molar-refractivity contribution is 0.193. The molecular weight excluding hydrogens is 465 g/mol. The Hall–Kier alpha value is 0.588. The molecule has 11 heteroatoms. The Balaban J connectivity index is -0.000000194. The van der Waals surface area contributed by atoms with Crippen LogP contribution in [-0.4, -0.2) is 73.7 Å². The second kappa shape index (κ2) is 25.2. The predicted octanol–water partition coefficient (Wildman–Crippen LogP) is 4.80. The van der Waals surface area contributed by atoms with E-state index in [1.54, 1.807) is 14.2 Å². The van der Waals surface area contributed by atoms with Crippen molar-refractivity contribution in [2.24, 2.45) is 0 Å². The van der Waals surface area contributed by atoms with Crippen LogP contribution in [0, 0.1) is 0 Å². The van der Waals surface area contributed by atoms with Crippen molar-refractivity contribution in [2.45, 2.75) is 104 Å². The van der Waals surface area contributed by atoms with Gasteiger partial charge < -0.3 is 31.4 Å². The van der Waals surface area contributed by atoms with E-state index in [-0.39, 0.29) is 7.43 Å². The normalized spacial score (nSPS) is 11.4. The van der Waals surface area contributed by atoms with Crippen LogP contribution in [0.5, 0.6) is 0 Å². The van der Waals surface area contributed by atoms with Crippen LogP contribution >= 0.6 is 0 Å². The maximum atomic E-state index is 9.38. The molecule has 0 radical (unpaired) electrons. The molecule has 2 N–H and O–H groups in total. The first-order chi connectivity index (χ1) is 13.9. The lowest BCUT2D eigenvalue weighted by atomic mass is 10.2. The minimum atomic E-state index is -2.16. The third-order valence-electron chi connectivity index (χ3n) is 4.23. The van der Waals surface area contributed by atoms with Gasteiger partial charge in [-0.2, -0.15) is 0 Å². The maximum Gasteiger partial charge on any atom is 0.480 e. The Kier molecular flexibility index (Phi) is 31.6. The highest BCUT2D eigenvalue weighted by Crippen LogP contribution is 2.17. The molecule has 0 rings (SSSR count). The van der Waals surface area contributed by atoms with Crippen molar-refractivity contribution in [2.75, 3.05) is 28.4 Å². The third-order valence-corrected chi connectivity index (χ3v) is 12.3. The van der Waals surface area contributed by atoms with Crippen molar-refractivity contribution in [1.29, 1.82) is 0 Å². The van der Waals surface area contributed by atoms with Gasteiger partial charge in [0.25, 0.3) is 0 Å². The topological polar surface area (TPSA) is 86.6 Å². The number of hydrogen-bond acceptors (Lipinski definition) is 7. The van der Waals surface area contributed by atoms with Gasteiger partial charge in [0.15, 0.2) is 16.6 Å². The van der Waals surface area contributed by atoms with Gasteiger partial charge in [-0.25, -0.2) is 0 Å². The van der Waals surface area contributed by atoms with Gasteiger partial charge in [0.2, 0.25) is 0 Å². The summed E-state index contributed by atoms with van der Waals surface area (Å²) < 4.78 is 25.1. The first-order valence-electron chi connectivity index (χ1n) is 11.1. The van der Waals surface area contributed by atoms with Gasteiger partial charge >= 0.3 is 19.1 Å². The van der Waals surface area contributed by atoms with Crippen molar-refractivity contribution in [3.8, 4) is 0 Å². The zero-order valence-electron chi connectivity index (χ0n) is 21.5. The highest BCUT2D eigenvalue weighted by atomic mass is 28.4. The number of unbranched alkanes of at least 4 members (excludes halogenated alkanes) is 5. The Labute approximate surface area is 200 Å².